The van der Waals surface area contributed by atoms with E-state index in [4.69, 9.17) is 0 Å². The van der Waals surface area contributed by atoms with Crippen LogP contribution in [0.25, 0.3) is 0 Å². The second-order valence-electron chi connectivity index (χ2n) is 8.57. The van der Waals surface area contributed by atoms with Crippen LogP contribution in [0.1, 0.15) is 113 Å². The molecule has 25 heavy (non-hydrogen) atoms. The van der Waals surface area contributed by atoms with Crippen LogP contribution in [0, 0.1) is 5.41 Å². The topological polar surface area (TPSA) is 12.0 Å². The molecular weight excluding hydrogens is 302 g/mol. The van der Waals surface area contributed by atoms with Gasteiger partial charge in [-0.25, -0.2) is 0 Å². The van der Waals surface area contributed by atoms with E-state index >= 15 is 0 Å². The SMILES string of the molecule is CCCCCCC(C)(C)C(=C(C)CC)C(CNCCCCC)=C(C)C. The predicted octanol–water partition coefficient (Wildman–Crippen LogP) is 7.83. The third kappa shape index (κ3) is 9.64. The first kappa shape index (κ1) is 24.4. The minimum Gasteiger partial charge on any atom is -0.313 e. The first-order valence-electron chi connectivity index (χ1n) is 10.9. The van der Waals surface area contributed by atoms with E-state index in [2.05, 4.69) is 60.7 Å². The van der Waals surface area contributed by atoms with Gasteiger partial charge in [0.2, 0.25) is 0 Å². The van der Waals surface area contributed by atoms with E-state index in [-0.39, 0.29) is 5.41 Å². The summed E-state index contributed by atoms with van der Waals surface area (Å²) in [6.45, 7) is 20.9. The van der Waals surface area contributed by atoms with Crippen molar-refractivity contribution in [2.45, 2.75) is 113 Å². The summed E-state index contributed by atoms with van der Waals surface area (Å²) in [5, 5.41) is 3.72. The van der Waals surface area contributed by atoms with Crippen molar-refractivity contribution in [3.05, 3.63) is 22.3 Å². The van der Waals surface area contributed by atoms with Crippen LogP contribution in [-0.2, 0) is 0 Å². The van der Waals surface area contributed by atoms with Crippen LogP contribution in [-0.4, -0.2) is 13.1 Å². The van der Waals surface area contributed by atoms with Gasteiger partial charge in [0.25, 0.3) is 0 Å². The van der Waals surface area contributed by atoms with Gasteiger partial charge < -0.3 is 5.32 Å². The highest BCUT2D eigenvalue weighted by molar-refractivity contribution is 5.42. The number of nitrogens with one attached hydrogen (secondary N) is 1. The van der Waals surface area contributed by atoms with Crippen molar-refractivity contribution < 1.29 is 0 Å². The van der Waals surface area contributed by atoms with Gasteiger partial charge in [0.15, 0.2) is 0 Å². The maximum absolute atomic E-state index is 3.72. The zero-order valence-electron chi connectivity index (χ0n) is 18.8. The van der Waals surface area contributed by atoms with Crippen LogP contribution in [0.5, 0.6) is 0 Å². The number of allylic oxidation sites excluding steroid dienone is 2. The molecule has 0 radical (unpaired) electrons. The Morgan fingerprint density at radius 2 is 1.40 bits per heavy atom. The molecule has 0 saturated heterocycles. The van der Waals surface area contributed by atoms with Gasteiger partial charge in [0.1, 0.15) is 0 Å². The minimum absolute atomic E-state index is 0.269. The van der Waals surface area contributed by atoms with Crippen molar-refractivity contribution in [2.24, 2.45) is 5.41 Å². The molecule has 148 valence electrons. The van der Waals surface area contributed by atoms with Crippen LogP contribution >= 0.6 is 0 Å². The summed E-state index contributed by atoms with van der Waals surface area (Å²) >= 11 is 0. The molecule has 0 aliphatic rings. The molecule has 0 spiro atoms. The molecule has 0 atom stereocenters. The van der Waals surface area contributed by atoms with Crippen molar-refractivity contribution in [1.82, 2.24) is 5.32 Å². The lowest BCUT2D eigenvalue weighted by Crippen LogP contribution is -2.26. The Bertz CT molecular complexity index is 408. The van der Waals surface area contributed by atoms with E-state index in [0.717, 1.165) is 19.5 Å². The highest BCUT2D eigenvalue weighted by Crippen LogP contribution is 2.40. The number of hydrogen-bond donors (Lipinski definition) is 1. The fourth-order valence-corrected chi connectivity index (χ4v) is 3.77. The molecule has 0 aromatic carbocycles. The highest BCUT2D eigenvalue weighted by atomic mass is 14.8. The Balaban J connectivity index is 5.22. The lowest BCUT2D eigenvalue weighted by Gasteiger charge is -2.33. The molecule has 1 nitrogen and oxygen atoms in total. The molecular formula is C24H47N. The molecule has 0 saturated carbocycles. The van der Waals surface area contributed by atoms with Gasteiger partial charge in [-0.1, -0.05) is 84.3 Å². The van der Waals surface area contributed by atoms with Gasteiger partial charge in [0, 0.05) is 6.54 Å². The number of rotatable bonds is 14. The summed E-state index contributed by atoms with van der Waals surface area (Å²) < 4.78 is 0. The van der Waals surface area contributed by atoms with Gasteiger partial charge in [0.05, 0.1) is 0 Å². The molecule has 1 heteroatoms. The van der Waals surface area contributed by atoms with Crippen molar-refractivity contribution in [1.29, 1.82) is 0 Å². The highest BCUT2D eigenvalue weighted by Gasteiger charge is 2.27. The summed E-state index contributed by atoms with van der Waals surface area (Å²) in [7, 11) is 0. The fourth-order valence-electron chi connectivity index (χ4n) is 3.77. The Labute approximate surface area is 159 Å². The second kappa shape index (κ2) is 13.6. The van der Waals surface area contributed by atoms with Gasteiger partial charge in [-0.15, -0.1) is 0 Å². The fraction of sp³-hybridized carbons (Fsp3) is 0.833. The van der Waals surface area contributed by atoms with Crippen LogP contribution in [0.4, 0.5) is 0 Å². The Morgan fingerprint density at radius 1 is 0.800 bits per heavy atom. The molecule has 0 aromatic heterocycles. The lowest BCUT2D eigenvalue weighted by atomic mass is 9.72. The largest absolute Gasteiger partial charge is 0.313 e. The van der Waals surface area contributed by atoms with E-state index in [1.807, 2.05) is 0 Å². The molecule has 0 aromatic rings. The van der Waals surface area contributed by atoms with Crippen LogP contribution in [0.2, 0.25) is 0 Å². The number of hydrogen-bond acceptors (Lipinski definition) is 1. The van der Waals surface area contributed by atoms with E-state index in [1.165, 1.54) is 56.9 Å². The summed E-state index contributed by atoms with van der Waals surface area (Å²) in [5.41, 5.74) is 6.52. The average molecular weight is 350 g/mol. The molecule has 0 aliphatic carbocycles. The first-order chi connectivity index (χ1) is 11.8. The zero-order valence-corrected chi connectivity index (χ0v) is 18.8. The molecule has 0 unspecified atom stereocenters. The lowest BCUT2D eigenvalue weighted by molar-refractivity contribution is 0.382. The van der Waals surface area contributed by atoms with E-state index in [0.29, 0.717) is 0 Å². The Kier molecular flexibility index (Phi) is 13.3. The Hall–Kier alpha value is -0.560. The van der Waals surface area contributed by atoms with Crippen molar-refractivity contribution in [3.63, 3.8) is 0 Å². The van der Waals surface area contributed by atoms with Gasteiger partial charge in [-0.2, -0.15) is 0 Å². The molecule has 1 N–H and O–H groups in total. The smallest absolute Gasteiger partial charge is 0.0207 e. The van der Waals surface area contributed by atoms with Gasteiger partial charge in [-0.3, -0.25) is 0 Å². The summed E-state index contributed by atoms with van der Waals surface area (Å²) in [6.07, 6.45) is 11.8. The van der Waals surface area contributed by atoms with E-state index < -0.39 is 0 Å². The van der Waals surface area contributed by atoms with E-state index in [1.54, 1.807) is 16.7 Å². The zero-order chi connectivity index (χ0) is 19.3. The summed E-state index contributed by atoms with van der Waals surface area (Å²) in [4.78, 5) is 0. The maximum atomic E-state index is 3.72. The second-order valence-corrected chi connectivity index (χ2v) is 8.57. The molecule has 0 bridgehead atoms. The summed E-state index contributed by atoms with van der Waals surface area (Å²) in [6, 6.07) is 0. The number of unbranched alkanes of at least 4 members (excludes halogenated alkanes) is 5. The third-order valence-corrected chi connectivity index (χ3v) is 5.45. The third-order valence-electron chi connectivity index (χ3n) is 5.45. The first-order valence-corrected chi connectivity index (χ1v) is 10.9. The maximum Gasteiger partial charge on any atom is 0.0207 e. The molecule has 0 aliphatic heterocycles. The predicted molar refractivity (Wildman–Crippen MR) is 116 cm³/mol. The van der Waals surface area contributed by atoms with Crippen molar-refractivity contribution >= 4 is 0 Å². The van der Waals surface area contributed by atoms with Gasteiger partial charge >= 0.3 is 0 Å². The normalized spacial score (nSPS) is 13.0. The monoisotopic (exact) mass is 349 g/mol. The summed E-state index contributed by atoms with van der Waals surface area (Å²) in [5.74, 6) is 0. The van der Waals surface area contributed by atoms with E-state index in [9.17, 15) is 0 Å². The van der Waals surface area contributed by atoms with Crippen molar-refractivity contribution in [2.75, 3.05) is 13.1 Å². The average Bonchev–Trinajstić information content (AvgIpc) is 2.56. The van der Waals surface area contributed by atoms with Crippen LogP contribution in [0.3, 0.4) is 0 Å². The van der Waals surface area contributed by atoms with Crippen molar-refractivity contribution in [3.8, 4) is 0 Å². The van der Waals surface area contributed by atoms with Gasteiger partial charge in [-0.05, 0) is 63.1 Å². The Morgan fingerprint density at radius 3 is 1.92 bits per heavy atom. The van der Waals surface area contributed by atoms with Crippen LogP contribution < -0.4 is 5.32 Å². The molecule has 0 rings (SSSR count). The quantitative estimate of drug-likeness (QED) is 0.249. The molecule has 0 heterocycles. The molecule has 0 fully saturated rings. The standard InChI is InChI=1S/C24H47N/c1-9-12-14-15-17-24(7,8)23(21(6)11-3)22(20(4)5)19-25-18-16-13-10-2/h25H,9-19H2,1-8H3. The molecule has 0 amide bonds. The van der Waals surface area contributed by atoms with Crippen LogP contribution in [0.15, 0.2) is 22.3 Å². The minimum atomic E-state index is 0.269.